The first-order valence-corrected chi connectivity index (χ1v) is 5.19. The van der Waals surface area contributed by atoms with Gasteiger partial charge in [-0.3, -0.25) is 4.79 Å². The van der Waals surface area contributed by atoms with E-state index in [2.05, 4.69) is 14.7 Å². The number of nitrogens with one attached hydrogen (secondary N) is 1. The first-order valence-electron chi connectivity index (χ1n) is 4.81. The van der Waals surface area contributed by atoms with Gasteiger partial charge in [-0.05, 0) is 0 Å². The largest absolute Gasteiger partial charge is 0.463 e. The summed E-state index contributed by atoms with van der Waals surface area (Å²) in [6, 6.07) is 0. The molecule has 2 heterocycles. The van der Waals surface area contributed by atoms with E-state index in [9.17, 15) is 9.59 Å². The third-order valence-corrected chi connectivity index (χ3v) is 2.75. The van der Waals surface area contributed by atoms with Gasteiger partial charge in [-0.25, -0.2) is 9.78 Å². The molecule has 7 heteroatoms. The van der Waals surface area contributed by atoms with Crippen molar-refractivity contribution >= 4 is 47.6 Å². The van der Waals surface area contributed by atoms with Crippen molar-refractivity contribution < 1.29 is 14.3 Å². The standard InChI is InChI=1S/C10H8BClN2O3/c1-17-10(16)8(15)4-2-13-7-6(4)5(11)3-14-9(7)12/h2-3,13H,11H2,1H3. The zero-order valence-corrected chi connectivity index (χ0v) is 9.96. The fraction of sp³-hybridized carbons (Fsp3) is 0.100. The zero-order chi connectivity index (χ0) is 12.6. The molecule has 0 unspecified atom stereocenters. The molecule has 0 saturated heterocycles. The minimum absolute atomic E-state index is 0.244. The Hall–Kier alpha value is -1.82. The Labute approximate surface area is 103 Å². The highest BCUT2D eigenvalue weighted by atomic mass is 35.5. The number of aromatic amines is 1. The molecule has 0 amide bonds. The number of esters is 1. The number of hydrogen-bond acceptors (Lipinski definition) is 4. The highest BCUT2D eigenvalue weighted by molar-refractivity contribution is 6.48. The second-order valence-electron chi connectivity index (χ2n) is 3.51. The predicted molar refractivity (Wildman–Crippen MR) is 65.6 cm³/mol. The lowest BCUT2D eigenvalue weighted by Gasteiger charge is -2.01. The molecule has 2 aromatic heterocycles. The Balaban J connectivity index is 2.68. The van der Waals surface area contributed by atoms with Crippen LogP contribution in [0.5, 0.6) is 0 Å². The predicted octanol–water partition coefficient (Wildman–Crippen LogP) is -0.170. The molecule has 0 fully saturated rings. The number of fused-ring (bicyclic) bond motifs is 1. The number of carbonyl (C=O) groups is 2. The molecule has 5 nitrogen and oxygen atoms in total. The second-order valence-corrected chi connectivity index (χ2v) is 3.86. The molecule has 0 spiro atoms. The summed E-state index contributed by atoms with van der Waals surface area (Å²) < 4.78 is 4.40. The molecule has 0 saturated carbocycles. The maximum Gasteiger partial charge on any atom is 0.379 e. The molecule has 2 rings (SSSR count). The molecule has 2 aromatic rings. The number of methoxy groups -OCH3 is 1. The number of rotatable bonds is 2. The molecule has 0 radical (unpaired) electrons. The number of Topliss-reactive ketones (excluding diaryl/α,β-unsaturated/α-hetero) is 1. The monoisotopic (exact) mass is 250 g/mol. The molecule has 0 aliphatic rings. The topological polar surface area (TPSA) is 72.0 Å². The van der Waals surface area contributed by atoms with Gasteiger partial charge in [0.2, 0.25) is 0 Å². The molecule has 0 atom stereocenters. The van der Waals surface area contributed by atoms with Crippen LogP contribution in [0.1, 0.15) is 10.4 Å². The third kappa shape index (κ3) is 1.80. The van der Waals surface area contributed by atoms with Gasteiger partial charge in [0.1, 0.15) is 7.85 Å². The van der Waals surface area contributed by atoms with Gasteiger partial charge in [0, 0.05) is 17.8 Å². The lowest BCUT2D eigenvalue weighted by molar-refractivity contribution is -0.135. The van der Waals surface area contributed by atoms with Crippen LogP contribution >= 0.6 is 11.6 Å². The van der Waals surface area contributed by atoms with Gasteiger partial charge < -0.3 is 9.72 Å². The Morgan fingerprint density at radius 3 is 2.88 bits per heavy atom. The van der Waals surface area contributed by atoms with E-state index in [0.29, 0.717) is 10.9 Å². The Kier molecular flexibility index (Phi) is 2.89. The summed E-state index contributed by atoms with van der Waals surface area (Å²) in [4.78, 5) is 29.8. The first-order chi connectivity index (χ1) is 8.06. The minimum atomic E-state index is -0.904. The number of ketones is 1. The number of halogens is 1. The summed E-state index contributed by atoms with van der Waals surface area (Å²) in [5, 5.41) is 0.856. The molecule has 0 aromatic carbocycles. The van der Waals surface area contributed by atoms with Gasteiger partial charge >= 0.3 is 5.97 Å². The summed E-state index contributed by atoms with van der Waals surface area (Å²) in [5.41, 5.74) is 1.55. The van der Waals surface area contributed by atoms with Crippen molar-refractivity contribution in [2.24, 2.45) is 0 Å². The van der Waals surface area contributed by atoms with Crippen LogP contribution in [0.3, 0.4) is 0 Å². The second kappa shape index (κ2) is 4.22. The number of hydrogen-bond donors (Lipinski definition) is 1. The highest BCUT2D eigenvalue weighted by Gasteiger charge is 2.22. The molecule has 1 N–H and O–H groups in total. The number of H-pyrrole nitrogens is 1. The normalized spacial score (nSPS) is 10.5. The van der Waals surface area contributed by atoms with E-state index in [1.165, 1.54) is 6.20 Å². The first kappa shape index (κ1) is 11.7. The van der Waals surface area contributed by atoms with Crippen LogP contribution in [0, 0.1) is 0 Å². The SMILES string of the molecule is Bc1cnc(Cl)c2[nH]cc(C(=O)C(=O)OC)c12. The van der Waals surface area contributed by atoms with Gasteiger partial charge in [-0.15, -0.1) is 0 Å². The van der Waals surface area contributed by atoms with E-state index in [1.54, 1.807) is 14.0 Å². The van der Waals surface area contributed by atoms with Crippen LogP contribution in [0.25, 0.3) is 10.9 Å². The summed E-state index contributed by atoms with van der Waals surface area (Å²) in [7, 11) is 2.95. The van der Waals surface area contributed by atoms with E-state index < -0.39 is 11.8 Å². The van der Waals surface area contributed by atoms with Gasteiger partial charge in [0.05, 0.1) is 18.2 Å². The van der Waals surface area contributed by atoms with Gasteiger partial charge in [0.15, 0.2) is 5.15 Å². The van der Waals surface area contributed by atoms with Crippen LogP contribution in [0.15, 0.2) is 12.4 Å². The molecule has 0 bridgehead atoms. The van der Waals surface area contributed by atoms with E-state index in [-0.39, 0.29) is 10.7 Å². The van der Waals surface area contributed by atoms with Crippen LogP contribution < -0.4 is 5.46 Å². The third-order valence-electron chi connectivity index (χ3n) is 2.47. The fourth-order valence-corrected chi connectivity index (χ4v) is 1.86. The van der Waals surface area contributed by atoms with E-state index in [4.69, 9.17) is 11.6 Å². The summed E-state index contributed by atoms with van der Waals surface area (Å²) in [5.74, 6) is -1.61. The lowest BCUT2D eigenvalue weighted by Crippen LogP contribution is -2.17. The molecular weight excluding hydrogens is 242 g/mol. The summed E-state index contributed by atoms with van der Waals surface area (Å²) in [6.07, 6.45) is 2.98. The average molecular weight is 250 g/mol. The van der Waals surface area contributed by atoms with E-state index in [1.807, 2.05) is 0 Å². The highest BCUT2D eigenvalue weighted by Crippen LogP contribution is 2.22. The number of ether oxygens (including phenoxy) is 1. The van der Waals surface area contributed by atoms with Crippen LogP contribution in [0.2, 0.25) is 5.15 Å². The number of nitrogens with zero attached hydrogens (tertiary/aromatic N) is 1. The van der Waals surface area contributed by atoms with Gasteiger partial charge in [-0.1, -0.05) is 17.1 Å². The van der Waals surface area contributed by atoms with E-state index >= 15 is 0 Å². The Morgan fingerprint density at radius 2 is 2.24 bits per heavy atom. The molecule has 86 valence electrons. The molecule has 17 heavy (non-hydrogen) atoms. The van der Waals surface area contributed by atoms with Crippen molar-refractivity contribution in [1.29, 1.82) is 0 Å². The van der Waals surface area contributed by atoms with Crippen molar-refractivity contribution in [2.75, 3.05) is 7.11 Å². The van der Waals surface area contributed by atoms with Crippen molar-refractivity contribution in [3.63, 3.8) is 0 Å². The Bertz CT molecular complexity index is 623. The number of carbonyl (C=O) groups excluding carboxylic acids is 2. The number of aromatic nitrogens is 2. The van der Waals surface area contributed by atoms with Crippen molar-refractivity contribution in [3.8, 4) is 0 Å². The van der Waals surface area contributed by atoms with Gasteiger partial charge in [0.25, 0.3) is 5.78 Å². The minimum Gasteiger partial charge on any atom is -0.463 e. The van der Waals surface area contributed by atoms with Crippen LogP contribution in [0.4, 0.5) is 0 Å². The summed E-state index contributed by atoms with van der Waals surface area (Å²) >= 11 is 5.89. The molecule has 0 aliphatic heterocycles. The molecule has 0 aliphatic carbocycles. The maximum atomic E-state index is 11.8. The zero-order valence-electron chi connectivity index (χ0n) is 9.20. The quantitative estimate of drug-likeness (QED) is 0.264. The lowest BCUT2D eigenvalue weighted by atomic mass is 9.92. The van der Waals surface area contributed by atoms with Crippen LogP contribution in [-0.2, 0) is 9.53 Å². The van der Waals surface area contributed by atoms with Crippen molar-refractivity contribution in [2.45, 2.75) is 0 Å². The summed E-state index contributed by atoms with van der Waals surface area (Å²) in [6.45, 7) is 0. The van der Waals surface area contributed by atoms with Crippen LogP contribution in [-0.4, -0.2) is 36.7 Å². The maximum absolute atomic E-state index is 11.8. The Morgan fingerprint density at radius 1 is 1.53 bits per heavy atom. The van der Waals surface area contributed by atoms with Crippen molar-refractivity contribution in [3.05, 3.63) is 23.1 Å². The fourth-order valence-electron chi connectivity index (χ4n) is 1.66. The van der Waals surface area contributed by atoms with Crippen molar-refractivity contribution in [1.82, 2.24) is 9.97 Å². The average Bonchev–Trinajstić information content (AvgIpc) is 2.77. The van der Waals surface area contributed by atoms with E-state index in [0.717, 1.165) is 12.6 Å². The molecular formula is C10H8BClN2O3. The smallest absolute Gasteiger partial charge is 0.379 e. The number of pyridine rings is 1. The van der Waals surface area contributed by atoms with Gasteiger partial charge in [-0.2, -0.15) is 0 Å².